The fourth-order valence-electron chi connectivity index (χ4n) is 1.48. The van der Waals surface area contributed by atoms with Gasteiger partial charge in [-0.3, -0.25) is 0 Å². The monoisotopic (exact) mass is 322 g/mol. The minimum Gasteiger partial charge on any atom is -0.372 e. The van der Waals surface area contributed by atoms with E-state index in [4.69, 9.17) is 0 Å². The van der Waals surface area contributed by atoms with Crippen LogP contribution in [0.3, 0.4) is 0 Å². The molecule has 0 aliphatic heterocycles. The number of nitrogens with one attached hydrogen (secondary N) is 3. The summed E-state index contributed by atoms with van der Waals surface area (Å²) in [7, 11) is -5.72. The van der Waals surface area contributed by atoms with E-state index in [1.165, 1.54) is 18.3 Å². The number of pyridine rings is 1. The molecule has 0 spiro atoms. The lowest BCUT2D eigenvalue weighted by molar-refractivity contribution is 0.576. The molecule has 20 heavy (non-hydrogen) atoms. The van der Waals surface area contributed by atoms with E-state index in [1.54, 1.807) is 14.0 Å². The average Bonchev–Trinajstić information content (AvgIpc) is 2.38. The molecule has 0 aromatic carbocycles. The number of nitrogens with zero attached hydrogens (tertiary/aromatic N) is 1. The quantitative estimate of drug-likeness (QED) is 0.585. The maximum absolute atomic E-state index is 12.0. The van der Waals surface area contributed by atoms with Gasteiger partial charge in [-0.15, -0.1) is 0 Å². The number of aromatic nitrogens is 1. The van der Waals surface area contributed by atoms with Crippen LogP contribution in [0.1, 0.15) is 6.92 Å². The van der Waals surface area contributed by atoms with E-state index < -0.39 is 20.0 Å². The Kier molecular flexibility index (Phi) is 5.87. The third-order valence-corrected chi connectivity index (χ3v) is 5.29. The highest BCUT2D eigenvalue weighted by Crippen LogP contribution is 2.16. The first-order valence-electron chi connectivity index (χ1n) is 5.92. The van der Waals surface area contributed by atoms with E-state index in [1.807, 2.05) is 0 Å². The van der Waals surface area contributed by atoms with Gasteiger partial charge in [0, 0.05) is 26.3 Å². The molecule has 0 saturated carbocycles. The molecule has 0 amide bonds. The van der Waals surface area contributed by atoms with Gasteiger partial charge in [0.15, 0.2) is 0 Å². The first-order chi connectivity index (χ1) is 9.32. The molecule has 3 N–H and O–H groups in total. The highest BCUT2D eigenvalue weighted by Gasteiger charge is 2.19. The molecule has 1 heterocycles. The molecule has 1 aromatic rings. The molecule has 1 rings (SSSR count). The van der Waals surface area contributed by atoms with Crippen LogP contribution in [0.25, 0.3) is 0 Å². The Hall–Kier alpha value is -1.23. The van der Waals surface area contributed by atoms with Gasteiger partial charge in [-0.05, 0) is 12.1 Å². The number of hydrogen-bond donors (Lipinski definition) is 3. The molecule has 0 aliphatic rings. The third-order valence-electron chi connectivity index (χ3n) is 2.32. The molecule has 0 aliphatic carbocycles. The van der Waals surface area contributed by atoms with Crippen molar-refractivity contribution in [1.29, 1.82) is 0 Å². The summed E-state index contributed by atoms with van der Waals surface area (Å²) < 4.78 is 51.4. The highest BCUT2D eigenvalue weighted by atomic mass is 32.2. The molecule has 0 bridgehead atoms. The van der Waals surface area contributed by atoms with Crippen LogP contribution in [0, 0.1) is 0 Å². The topological polar surface area (TPSA) is 117 Å². The summed E-state index contributed by atoms with van der Waals surface area (Å²) in [6.07, 6.45) is 1.46. The molecular formula is C10H18N4O4S2. The van der Waals surface area contributed by atoms with Crippen molar-refractivity contribution in [3.8, 4) is 0 Å². The average molecular weight is 322 g/mol. The van der Waals surface area contributed by atoms with E-state index in [0.29, 0.717) is 0 Å². The lowest BCUT2D eigenvalue weighted by Crippen LogP contribution is -2.34. The smallest absolute Gasteiger partial charge is 0.244 e. The summed E-state index contributed by atoms with van der Waals surface area (Å²) in [4.78, 5) is 3.86. The van der Waals surface area contributed by atoms with Crippen LogP contribution in [-0.2, 0) is 20.0 Å². The molecule has 1 aromatic heterocycles. The molecule has 0 radical (unpaired) electrons. The van der Waals surface area contributed by atoms with Crippen molar-refractivity contribution in [2.45, 2.75) is 11.8 Å². The Morgan fingerprint density at radius 2 is 1.90 bits per heavy atom. The fourth-order valence-corrected chi connectivity index (χ4v) is 3.75. The Bertz CT molecular complexity index is 643. The first kappa shape index (κ1) is 16.8. The molecule has 114 valence electrons. The minimum atomic E-state index is -3.81. The third kappa shape index (κ3) is 4.71. The van der Waals surface area contributed by atoms with Gasteiger partial charge in [0.05, 0.1) is 5.75 Å². The molecule has 0 fully saturated rings. The van der Waals surface area contributed by atoms with E-state index in [-0.39, 0.29) is 29.6 Å². The van der Waals surface area contributed by atoms with Crippen LogP contribution in [0.4, 0.5) is 5.82 Å². The Balaban J connectivity index is 2.77. The Morgan fingerprint density at radius 1 is 1.20 bits per heavy atom. The number of anilines is 1. The van der Waals surface area contributed by atoms with Crippen molar-refractivity contribution in [3.05, 3.63) is 18.3 Å². The van der Waals surface area contributed by atoms with Crippen LogP contribution in [-0.4, -0.2) is 47.7 Å². The van der Waals surface area contributed by atoms with Crippen LogP contribution in [0.2, 0.25) is 0 Å². The van der Waals surface area contributed by atoms with Gasteiger partial charge >= 0.3 is 0 Å². The SMILES string of the molecule is CCNS(=O)(=O)CCNS(=O)(=O)c1cccnc1NC. The lowest BCUT2D eigenvalue weighted by atomic mass is 10.5. The predicted molar refractivity (Wildman–Crippen MR) is 76.4 cm³/mol. The summed E-state index contributed by atoms with van der Waals surface area (Å²) in [5.74, 6) is -0.121. The zero-order valence-electron chi connectivity index (χ0n) is 11.3. The normalized spacial score (nSPS) is 12.3. The minimum absolute atomic E-state index is 0.0247. The Labute approximate surface area is 119 Å². The van der Waals surface area contributed by atoms with Gasteiger partial charge in [-0.2, -0.15) is 0 Å². The number of rotatable bonds is 8. The van der Waals surface area contributed by atoms with Crippen molar-refractivity contribution in [2.24, 2.45) is 0 Å². The summed E-state index contributed by atoms with van der Waals surface area (Å²) in [5, 5.41) is 2.67. The maximum atomic E-state index is 12.0. The van der Waals surface area contributed by atoms with Gasteiger partial charge in [0.1, 0.15) is 10.7 Å². The van der Waals surface area contributed by atoms with E-state index in [9.17, 15) is 16.8 Å². The van der Waals surface area contributed by atoms with Crippen LogP contribution in [0.5, 0.6) is 0 Å². The maximum Gasteiger partial charge on any atom is 0.244 e. The molecular weight excluding hydrogens is 304 g/mol. The van der Waals surface area contributed by atoms with E-state index >= 15 is 0 Å². The van der Waals surface area contributed by atoms with Gasteiger partial charge < -0.3 is 5.32 Å². The van der Waals surface area contributed by atoms with Gasteiger partial charge in [0.25, 0.3) is 0 Å². The summed E-state index contributed by atoms with van der Waals surface area (Å²) in [6.45, 7) is 1.70. The second kappa shape index (κ2) is 6.97. The molecule has 8 nitrogen and oxygen atoms in total. The van der Waals surface area contributed by atoms with Gasteiger partial charge in [-0.25, -0.2) is 31.3 Å². The molecule has 0 unspecified atom stereocenters. The van der Waals surface area contributed by atoms with Crippen molar-refractivity contribution in [2.75, 3.05) is 31.2 Å². The zero-order valence-corrected chi connectivity index (χ0v) is 12.9. The van der Waals surface area contributed by atoms with Crippen LogP contribution >= 0.6 is 0 Å². The summed E-state index contributed by atoms with van der Waals surface area (Å²) >= 11 is 0. The van der Waals surface area contributed by atoms with Crippen LogP contribution < -0.4 is 14.8 Å². The summed E-state index contributed by atoms with van der Waals surface area (Å²) in [6, 6.07) is 2.88. The highest BCUT2D eigenvalue weighted by molar-refractivity contribution is 7.90. The van der Waals surface area contributed by atoms with Crippen molar-refractivity contribution in [1.82, 2.24) is 14.4 Å². The molecule has 0 atom stereocenters. The molecule has 0 saturated heterocycles. The number of hydrogen-bond acceptors (Lipinski definition) is 6. The molecule has 10 heteroatoms. The fraction of sp³-hybridized carbons (Fsp3) is 0.500. The predicted octanol–water partition coefficient (Wildman–Crippen LogP) is -0.659. The van der Waals surface area contributed by atoms with Gasteiger partial charge in [-0.1, -0.05) is 6.92 Å². The van der Waals surface area contributed by atoms with E-state index in [0.717, 1.165) is 0 Å². The number of sulfonamides is 2. The second-order valence-electron chi connectivity index (χ2n) is 3.81. The van der Waals surface area contributed by atoms with Crippen molar-refractivity contribution in [3.63, 3.8) is 0 Å². The van der Waals surface area contributed by atoms with Crippen LogP contribution in [0.15, 0.2) is 23.2 Å². The first-order valence-corrected chi connectivity index (χ1v) is 9.05. The standard InChI is InChI=1S/C10H18N4O4S2/c1-3-13-19(15,16)8-7-14-20(17,18)9-5-4-6-12-10(9)11-2/h4-6,13-14H,3,7-8H2,1-2H3,(H,11,12). The lowest BCUT2D eigenvalue weighted by Gasteiger charge is -2.10. The van der Waals surface area contributed by atoms with E-state index in [2.05, 4.69) is 19.7 Å². The van der Waals surface area contributed by atoms with Crippen molar-refractivity contribution >= 4 is 25.9 Å². The van der Waals surface area contributed by atoms with Gasteiger partial charge in [0.2, 0.25) is 20.0 Å². The zero-order chi connectivity index (χ0) is 15.2. The summed E-state index contributed by atoms with van der Waals surface area (Å²) in [5.41, 5.74) is 0. The Morgan fingerprint density at radius 3 is 2.50 bits per heavy atom. The second-order valence-corrected chi connectivity index (χ2v) is 7.48. The van der Waals surface area contributed by atoms with Crippen molar-refractivity contribution < 1.29 is 16.8 Å². The largest absolute Gasteiger partial charge is 0.372 e.